The molecule has 2 aromatic carbocycles. The number of fused-ring (bicyclic) bond motifs is 1. The number of nitrogens with zero attached hydrogens (tertiary/aromatic N) is 1. The molecular formula is C14H11N3O3. The number of nitrogens with one attached hydrogen (secondary N) is 1. The molecule has 0 bridgehead atoms. The van der Waals surface area contributed by atoms with E-state index in [1.54, 1.807) is 36.4 Å². The Kier molecular flexibility index (Phi) is 2.76. The van der Waals surface area contributed by atoms with Crippen LogP contribution >= 0.6 is 0 Å². The van der Waals surface area contributed by atoms with E-state index in [4.69, 9.17) is 10.2 Å². The van der Waals surface area contributed by atoms with Gasteiger partial charge in [0.25, 0.3) is 0 Å². The molecule has 0 aliphatic rings. The van der Waals surface area contributed by atoms with Gasteiger partial charge in [-0.2, -0.15) is 4.57 Å². The number of benzene rings is 2. The Morgan fingerprint density at radius 2 is 1.90 bits per heavy atom. The normalized spacial score (nSPS) is 10.6. The second-order valence-corrected chi connectivity index (χ2v) is 4.23. The lowest BCUT2D eigenvalue weighted by molar-refractivity contribution is 0.252. The van der Waals surface area contributed by atoms with Crippen LogP contribution in [0.15, 0.2) is 57.7 Å². The van der Waals surface area contributed by atoms with Crippen molar-refractivity contribution in [3.8, 4) is 0 Å². The zero-order chi connectivity index (χ0) is 14.1. The minimum Gasteiger partial charge on any atom is -0.407 e. The van der Waals surface area contributed by atoms with E-state index in [1.807, 2.05) is 6.07 Å². The summed E-state index contributed by atoms with van der Waals surface area (Å²) in [4.78, 5) is 23.9. The lowest BCUT2D eigenvalue weighted by Crippen LogP contribution is -2.27. The summed E-state index contributed by atoms with van der Waals surface area (Å²) in [6.45, 7) is 0. The van der Waals surface area contributed by atoms with Crippen LogP contribution in [-0.4, -0.2) is 10.6 Å². The van der Waals surface area contributed by atoms with Crippen molar-refractivity contribution in [3.63, 3.8) is 0 Å². The Balaban J connectivity index is 2.04. The van der Waals surface area contributed by atoms with Gasteiger partial charge in [0.15, 0.2) is 5.58 Å². The fraction of sp³-hybridized carbons (Fsp3) is 0. The summed E-state index contributed by atoms with van der Waals surface area (Å²) < 4.78 is 5.94. The van der Waals surface area contributed by atoms with Gasteiger partial charge in [0.05, 0.1) is 0 Å². The predicted molar refractivity (Wildman–Crippen MR) is 75.7 cm³/mol. The van der Waals surface area contributed by atoms with Gasteiger partial charge in [-0.25, -0.2) is 9.59 Å². The fourth-order valence-corrected chi connectivity index (χ4v) is 1.93. The first-order chi connectivity index (χ1) is 9.65. The van der Waals surface area contributed by atoms with Crippen LogP contribution in [0, 0.1) is 0 Å². The van der Waals surface area contributed by atoms with Gasteiger partial charge in [-0.05, 0) is 24.3 Å². The minimum atomic E-state index is -0.751. The molecule has 100 valence electrons. The van der Waals surface area contributed by atoms with Crippen molar-refractivity contribution < 1.29 is 9.21 Å². The molecule has 0 saturated carbocycles. The number of hydrogen-bond donors (Lipinski definition) is 2. The quantitative estimate of drug-likeness (QED) is 0.663. The van der Waals surface area contributed by atoms with Crippen LogP contribution in [0.5, 0.6) is 0 Å². The largest absolute Gasteiger partial charge is 0.428 e. The number of carbonyl (C=O) groups is 1. The number of carbonyl (C=O) groups excluding carboxylic acids is 1. The van der Waals surface area contributed by atoms with Gasteiger partial charge in [-0.15, -0.1) is 0 Å². The maximum absolute atomic E-state index is 12.2. The topological polar surface area (TPSA) is 90.3 Å². The first kappa shape index (κ1) is 12.0. The number of oxazole rings is 1. The number of nitrogens with two attached hydrogens (primary N) is 1. The second kappa shape index (κ2) is 4.58. The SMILES string of the molecule is Nc1ccc2c(c1)oc(=O)n2C(=O)Nc1ccccc1. The Labute approximate surface area is 113 Å². The van der Waals surface area contributed by atoms with E-state index in [2.05, 4.69) is 5.32 Å². The van der Waals surface area contributed by atoms with Crippen molar-refractivity contribution in [3.05, 3.63) is 59.1 Å². The van der Waals surface area contributed by atoms with E-state index in [-0.39, 0.29) is 5.58 Å². The molecule has 0 unspecified atom stereocenters. The monoisotopic (exact) mass is 269 g/mol. The van der Waals surface area contributed by atoms with Crippen molar-refractivity contribution >= 4 is 28.5 Å². The molecule has 3 aromatic rings. The number of anilines is 2. The molecule has 1 heterocycles. The van der Waals surface area contributed by atoms with Gasteiger partial charge < -0.3 is 15.5 Å². The average molecular weight is 269 g/mol. The number of hydrogen-bond acceptors (Lipinski definition) is 4. The van der Waals surface area contributed by atoms with Gasteiger partial charge >= 0.3 is 11.8 Å². The van der Waals surface area contributed by atoms with E-state index >= 15 is 0 Å². The van der Waals surface area contributed by atoms with E-state index in [0.717, 1.165) is 4.57 Å². The Hall–Kier alpha value is -3.02. The van der Waals surface area contributed by atoms with Crippen LogP contribution < -0.4 is 16.8 Å². The van der Waals surface area contributed by atoms with Gasteiger partial charge in [0, 0.05) is 17.4 Å². The molecule has 20 heavy (non-hydrogen) atoms. The van der Waals surface area contributed by atoms with Crippen LogP contribution in [0.4, 0.5) is 16.2 Å². The Morgan fingerprint density at radius 3 is 2.65 bits per heavy atom. The summed E-state index contributed by atoms with van der Waals surface area (Å²) >= 11 is 0. The van der Waals surface area contributed by atoms with E-state index < -0.39 is 11.8 Å². The highest BCUT2D eigenvalue weighted by molar-refractivity contribution is 5.96. The summed E-state index contributed by atoms with van der Waals surface area (Å²) in [6, 6.07) is 12.9. The van der Waals surface area contributed by atoms with Crippen LogP contribution in [0.3, 0.4) is 0 Å². The third-order valence-electron chi connectivity index (χ3n) is 2.83. The molecule has 0 atom stereocenters. The summed E-state index contributed by atoms with van der Waals surface area (Å²) in [6.07, 6.45) is 0. The predicted octanol–water partition coefficient (Wildman–Crippen LogP) is 2.26. The molecule has 0 spiro atoms. The molecule has 3 rings (SSSR count). The zero-order valence-corrected chi connectivity index (χ0v) is 10.4. The van der Waals surface area contributed by atoms with Crippen molar-refractivity contribution in [2.24, 2.45) is 0 Å². The molecule has 0 aliphatic heterocycles. The third-order valence-corrected chi connectivity index (χ3v) is 2.83. The lowest BCUT2D eigenvalue weighted by Gasteiger charge is -2.04. The standard InChI is InChI=1S/C14H11N3O3/c15-9-6-7-11-12(8-9)20-14(19)17(11)13(18)16-10-4-2-1-3-5-10/h1-8H,15H2,(H,16,18). The van der Waals surface area contributed by atoms with Gasteiger partial charge in [0.1, 0.15) is 5.52 Å². The molecule has 0 saturated heterocycles. The van der Waals surface area contributed by atoms with Crippen molar-refractivity contribution in [2.45, 2.75) is 0 Å². The first-order valence-corrected chi connectivity index (χ1v) is 5.92. The maximum atomic E-state index is 12.2. The average Bonchev–Trinajstić information content (AvgIpc) is 2.74. The summed E-state index contributed by atoms with van der Waals surface area (Å²) in [7, 11) is 0. The second-order valence-electron chi connectivity index (χ2n) is 4.23. The summed E-state index contributed by atoms with van der Waals surface area (Å²) in [5, 5.41) is 2.62. The maximum Gasteiger partial charge on any atom is 0.428 e. The molecule has 0 fully saturated rings. The Bertz CT molecular complexity index is 834. The minimum absolute atomic E-state index is 0.276. The number of rotatable bonds is 1. The molecule has 1 aromatic heterocycles. The number of nitrogen functional groups attached to an aromatic ring is 1. The molecule has 0 radical (unpaired) electrons. The van der Waals surface area contributed by atoms with Crippen molar-refractivity contribution in [1.29, 1.82) is 0 Å². The van der Waals surface area contributed by atoms with Gasteiger partial charge in [0.2, 0.25) is 0 Å². The van der Waals surface area contributed by atoms with Gasteiger partial charge in [-0.3, -0.25) is 0 Å². The van der Waals surface area contributed by atoms with E-state index in [0.29, 0.717) is 16.9 Å². The third kappa shape index (κ3) is 2.03. The van der Waals surface area contributed by atoms with Crippen molar-refractivity contribution in [1.82, 2.24) is 4.57 Å². The molecule has 1 amide bonds. The summed E-state index contributed by atoms with van der Waals surface area (Å²) in [5.74, 6) is -0.751. The van der Waals surface area contributed by atoms with Crippen LogP contribution in [0.1, 0.15) is 0 Å². The zero-order valence-electron chi connectivity index (χ0n) is 10.4. The highest BCUT2D eigenvalue weighted by Gasteiger charge is 2.16. The molecular weight excluding hydrogens is 258 g/mol. The van der Waals surface area contributed by atoms with E-state index in [1.165, 1.54) is 6.07 Å². The first-order valence-electron chi connectivity index (χ1n) is 5.92. The number of amides is 1. The molecule has 3 N–H and O–H groups in total. The van der Waals surface area contributed by atoms with Gasteiger partial charge in [-0.1, -0.05) is 18.2 Å². The highest BCUT2D eigenvalue weighted by Crippen LogP contribution is 2.16. The molecule has 6 nitrogen and oxygen atoms in total. The Morgan fingerprint density at radius 1 is 1.15 bits per heavy atom. The fourth-order valence-electron chi connectivity index (χ4n) is 1.93. The smallest absolute Gasteiger partial charge is 0.407 e. The molecule has 6 heteroatoms. The van der Waals surface area contributed by atoms with Crippen LogP contribution in [0.2, 0.25) is 0 Å². The number of aromatic nitrogens is 1. The van der Waals surface area contributed by atoms with E-state index in [9.17, 15) is 9.59 Å². The number of para-hydroxylation sites is 1. The van der Waals surface area contributed by atoms with Crippen LogP contribution in [-0.2, 0) is 0 Å². The highest BCUT2D eigenvalue weighted by atomic mass is 16.4. The lowest BCUT2D eigenvalue weighted by atomic mass is 10.3. The summed E-state index contributed by atoms with van der Waals surface area (Å²) in [5.41, 5.74) is 7.31. The van der Waals surface area contributed by atoms with Crippen molar-refractivity contribution in [2.75, 3.05) is 11.1 Å². The van der Waals surface area contributed by atoms with Crippen LogP contribution in [0.25, 0.3) is 11.1 Å². The molecule has 0 aliphatic carbocycles.